The van der Waals surface area contributed by atoms with E-state index in [1.165, 1.54) is 4.70 Å². The predicted molar refractivity (Wildman–Crippen MR) is 74.2 cm³/mol. The predicted octanol–water partition coefficient (Wildman–Crippen LogP) is 3.64. The summed E-state index contributed by atoms with van der Waals surface area (Å²) in [5.41, 5.74) is 1.01. The lowest BCUT2D eigenvalue weighted by Gasteiger charge is -2.12. The van der Waals surface area contributed by atoms with Crippen molar-refractivity contribution in [3.05, 3.63) is 24.3 Å². The lowest BCUT2D eigenvalue weighted by molar-refractivity contribution is -0.141. The van der Waals surface area contributed by atoms with Crippen molar-refractivity contribution in [1.82, 2.24) is 4.98 Å². The van der Waals surface area contributed by atoms with Gasteiger partial charge in [-0.15, -0.1) is 11.3 Å². The molecule has 94 valence electrons. The molecule has 1 aromatic heterocycles. The van der Waals surface area contributed by atoms with E-state index in [0.717, 1.165) is 29.1 Å². The van der Waals surface area contributed by atoms with Crippen LogP contribution in [0.25, 0.3) is 10.2 Å². The zero-order valence-electron chi connectivity index (χ0n) is 9.70. The van der Waals surface area contributed by atoms with Crippen molar-refractivity contribution in [2.24, 2.45) is 5.92 Å². The fourth-order valence-electron chi connectivity index (χ4n) is 2.38. The fraction of sp³-hybridized carbons (Fsp3) is 0.385. The van der Waals surface area contributed by atoms with Crippen LogP contribution in [0, 0.1) is 5.92 Å². The summed E-state index contributed by atoms with van der Waals surface area (Å²) in [7, 11) is 0. The number of nitrogens with zero attached hydrogens (tertiary/aromatic N) is 1. The van der Waals surface area contributed by atoms with Crippen molar-refractivity contribution in [3.63, 3.8) is 0 Å². The maximum absolute atomic E-state index is 11.1. The molecule has 3 rings (SSSR count). The molecule has 2 unspecified atom stereocenters. The van der Waals surface area contributed by atoms with Crippen LogP contribution >= 0.6 is 23.1 Å². The number of aliphatic carboxylic acids is 1. The molecule has 2 aromatic rings. The summed E-state index contributed by atoms with van der Waals surface area (Å²) in [6, 6.07) is 8.04. The molecule has 0 saturated heterocycles. The van der Waals surface area contributed by atoms with Crippen molar-refractivity contribution < 1.29 is 9.90 Å². The highest BCUT2D eigenvalue weighted by Gasteiger charge is 2.34. The smallest absolute Gasteiger partial charge is 0.307 e. The molecule has 3 nitrogen and oxygen atoms in total. The lowest BCUT2D eigenvalue weighted by Crippen LogP contribution is -2.19. The summed E-state index contributed by atoms with van der Waals surface area (Å²) < 4.78 is 2.17. The molecule has 0 spiro atoms. The van der Waals surface area contributed by atoms with Gasteiger partial charge in [0.05, 0.1) is 16.1 Å². The van der Waals surface area contributed by atoms with Crippen LogP contribution in [0.3, 0.4) is 0 Å². The van der Waals surface area contributed by atoms with E-state index in [-0.39, 0.29) is 11.2 Å². The first-order valence-electron chi connectivity index (χ1n) is 5.99. The van der Waals surface area contributed by atoms with E-state index < -0.39 is 5.97 Å². The molecule has 0 bridgehead atoms. The van der Waals surface area contributed by atoms with Crippen molar-refractivity contribution >= 4 is 39.3 Å². The third kappa shape index (κ3) is 2.24. The van der Waals surface area contributed by atoms with E-state index in [4.69, 9.17) is 0 Å². The zero-order valence-corrected chi connectivity index (χ0v) is 11.3. The van der Waals surface area contributed by atoms with Gasteiger partial charge in [-0.1, -0.05) is 30.3 Å². The van der Waals surface area contributed by atoms with E-state index in [2.05, 4.69) is 11.1 Å². The number of carboxylic acids is 1. The minimum atomic E-state index is -0.661. The van der Waals surface area contributed by atoms with E-state index in [1.54, 1.807) is 23.1 Å². The summed E-state index contributed by atoms with van der Waals surface area (Å²) in [6.45, 7) is 0. The van der Waals surface area contributed by atoms with Crippen LogP contribution in [0.4, 0.5) is 0 Å². The molecular formula is C13H13NO2S2. The topological polar surface area (TPSA) is 50.2 Å². The van der Waals surface area contributed by atoms with Gasteiger partial charge in [-0.25, -0.2) is 4.98 Å². The minimum Gasteiger partial charge on any atom is -0.481 e. The Hall–Kier alpha value is -1.07. The molecule has 2 atom stereocenters. The molecule has 1 N–H and O–H groups in total. The van der Waals surface area contributed by atoms with Crippen LogP contribution in [-0.4, -0.2) is 21.3 Å². The Labute approximate surface area is 113 Å². The number of hydrogen-bond acceptors (Lipinski definition) is 4. The number of fused-ring (bicyclic) bond motifs is 1. The summed E-state index contributed by atoms with van der Waals surface area (Å²) >= 11 is 3.30. The van der Waals surface area contributed by atoms with E-state index in [1.807, 2.05) is 18.2 Å². The number of thiazole rings is 1. The Bertz CT molecular complexity index is 548. The average Bonchev–Trinajstić information content (AvgIpc) is 2.94. The summed E-state index contributed by atoms with van der Waals surface area (Å²) in [5, 5.41) is 9.35. The number of thioether (sulfide) groups is 1. The Balaban J connectivity index is 1.81. The second-order valence-electron chi connectivity index (χ2n) is 4.48. The van der Waals surface area contributed by atoms with Crippen LogP contribution in [0.2, 0.25) is 0 Å². The summed E-state index contributed by atoms with van der Waals surface area (Å²) in [5.74, 6) is -0.867. The third-order valence-corrected chi connectivity index (χ3v) is 5.83. The Morgan fingerprint density at radius 3 is 3.00 bits per heavy atom. The third-order valence-electron chi connectivity index (χ3n) is 3.30. The molecule has 0 aliphatic heterocycles. The molecule has 1 fully saturated rings. The molecule has 1 aromatic carbocycles. The highest BCUT2D eigenvalue weighted by molar-refractivity contribution is 8.01. The highest BCUT2D eigenvalue weighted by Crippen LogP contribution is 2.41. The van der Waals surface area contributed by atoms with E-state index in [9.17, 15) is 9.90 Å². The molecule has 1 aliphatic rings. The summed E-state index contributed by atoms with van der Waals surface area (Å²) in [4.78, 5) is 15.7. The molecule has 1 aliphatic carbocycles. The summed E-state index contributed by atoms with van der Waals surface area (Å²) in [6.07, 6.45) is 2.80. The first kappa shape index (κ1) is 12.0. The maximum Gasteiger partial charge on any atom is 0.307 e. The van der Waals surface area contributed by atoms with Crippen molar-refractivity contribution in [2.45, 2.75) is 28.9 Å². The van der Waals surface area contributed by atoms with Gasteiger partial charge in [-0.2, -0.15) is 0 Å². The zero-order chi connectivity index (χ0) is 12.5. The van der Waals surface area contributed by atoms with Crippen LogP contribution in [0.5, 0.6) is 0 Å². The SMILES string of the molecule is O=C(O)C1CCCC1Sc1nc2ccccc2s1. The quantitative estimate of drug-likeness (QED) is 0.932. The Kier molecular flexibility index (Phi) is 3.26. The van der Waals surface area contributed by atoms with Gasteiger partial charge >= 0.3 is 5.97 Å². The first-order chi connectivity index (χ1) is 8.74. The molecule has 18 heavy (non-hydrogen) atoms. The van der Waals surface area contributed by atoms with Gasteiger partial charge in [-0.3, -0.25) is 4.79 Å². The number of benzene rings is 1. The van der Waals surface area contributed by atoms with Gasteiger partial charge in [-0.05, 0) is 25.0 Å². The Morgan fingerprint density at radius 1 is 1.39 bits per heavy atom. The van der Waals surface area contributed by atoms with Crippen molar-refractivity contribution in [3.8, 4) is 0 Å². The van der Waals surface area contributed by atoms with Gasteiger partial charge < -0.3 is 5.11 Å². The van der Waals surface area contributed by atoms with Gasteiger partial charge in [0.1, 0.15) is 0 Å². The normalized spacial score (nSPS) is 23.6. The maximum atomic E-state index is 11.1. The highest BCUT2D eigenvalue weighted by atomic mass is 32.2. The Morgan fingerprint density at radius 2 is 2.22 bits per heavy atom. The van der Waals surface area contributed by atoms with Gasteiger partial charge in [0, 0.05) is 5.25 Å². The minimum absolute atomic E-state index is 0.183. The molecule has 0 amide bonds. The lowest BCUT2D eigenvalue weighted by atomic mass is 10.1. The van der Waals surface area contributed by atoms with Crippen molar-refractivity contribution in [2.75, 3.05) is 0 Å². The van der Waals surface area contributed by atoms with Crippen LogP contribution < -0.4 is 0 Å². The van der Waals surface area contributed by atoms with Gasteiger partial charge in [0.25, 0.3) is 0 Å². The number of hydrogen-bond donors (Lipinski definition) is 1. The number of aromatic nitrogens is 1. The second-order valence-corrected chi connectivity index (χ2v) is 7.00. The molecule has 5 heteroatoms. The van der Waals surface area contributed by atoms with Crippen LogP contribution in [0.1, 0.15) is 19.3 Å². The molecule has 1 heterocycles. The fourth-order valence-corrected chi connectivity index (χ4v) is 5.02. The standard InChI is InChI=1S/C13H13NO2S2/c15-12(16)8-4-3-7-10(8)17-13-14-9-5-1-2-6-11(9)18-13/h1-2,5-6,8,10H,3-4,7H2,(H,15,16). The van der Waals surface area contributed by atoms with Gasteiger partial charge in [0.2, 0.25) is 0 Å². The average molecular weight is 279 g/mol. The van der Waals surface area contributed by atoms with Crippen LogP contribution in [0.15, 0.2) is 28.6 Å². The number of para-hydroxylation sites is 1. The van der Waals surface area contributed by atoms with Crippen molar-refractivity contribution in [1.29, 1.82) is 0 Å². The number of rotatable bonds is 3. The monoisotopic (exact) mass is 279 g/mol. The molecule has 1 saturated carbocycles. The van der Waals surface area contributed by atoms with Gasteiger partial charge in [0.15, 0.2) is 4.34 Å². The largest absolute Gasteiger partial charge is 0.481 e. The molecule has 0 radical (unpaired) electrons. The van der Waals surface area contributed by atoms with E-state index >= 15 is 0 Å². The molecular weight excluding hydrogens is 266 g/mol. The number of carboxylic acid groups (broad SMARTS) is 1. The second kappa shape index (κ2) is 4.90. The van der Waals surface area contributed by atoms with E-state index in [0.29, 0.717) is 0 Å². The first-order valence-corrected chi connectivity index (χ1v) is 7.69. The van der Waals surface area contributed by atoms with Crippen LogP contribution in [-0.2, 0) is 4.79 Å². The number of carbonyl (C=O) groups is 1.